The first-order valence-corrected chi connectivity index (χ1v) is 7.28. The van der Waals surface area contributed by atoms with Gasteiger partial charge in [0.25, 0.3) is 0 Å². The Kier molecular flexibility index (Phi) is 5.22. The van der Waals surface area contributed by atoms with Crippen molar-refractivity contribution in [2.75, 3.05) is 38.6 Å². The lowest BCUT2D eigenvalue weighted by atomic mass is 10.3. The summed E-state index contributed by atoms with van der Waals surface area (Å²) in [5.41, 5.74) is 0. The van der Waals surface area contributed by atoms with E-state index in [1.54, 1.807) is 0 Å². The molecule has 0 aliphatic carbocycles. The Balaban J connectivity index is 1.72. The number of rotatable bonds is 5. The molecule has 0 spiro atoms. The molecular formula is C13H21ClN4O. The Labute approximate surface area is 119 Å². The van der Waals surface area contributed by atoms with Gasteiger partial charge in [-0.1, -0.05) is 0 Å². The second-order valence-electron chi connectivity index (χ2n) is 4.83. The average molecular weight is 285 g/mol. The van der Waals surface area contributed by atoms with Gasteiger partial charge in [0, 0.05) is 64.0 Å². The number of aromatic nitrogens is 2. The Morgan fingerprint density at radius 2 is 2.05 bits per heavy atom. The molecule has 0 radical (unpaired) electrons. The Morgan fingerprint density at radius 1 is 1.32 bits per heavy atom. The van der Waals surface area contributed by atoms with Crippen LogP contribution in [-0.2, 0) is 11.3 Å². The quantitative estimate of drug-likeness (QED) is 0.757. The summed E-state index contributed by atoms with van der Waals surface area (Å²) in [6, 6.07) is 0. The Bertz CT molecular complexity index is 413. The van der Waals surface area contributed by atoms with Crippen molar-refractivity contribution in [3.05, 3.63) is 18.2 Å². The van der Waals surface area contributed by atoms with Crippen LogP contribution in [-0.4, -0.2) is 63.9 Å². The Hall–Kier alpha value is -1.07. The topological polar surface area (TPSA) is 41.4 Å². The normalized spacial score (nSPS) is 16.8. The fourth-order valence-corrected chi connectivity index (χ4v) is 2.51. The Morgan fingerprint density at radius 3 is 2.63 bits per heavy atom. The van der Waals surface area contributed by atoms with Gasteiger partial charge < -0.3 is 9.47 Å². The molecule has 1 aliphatic rings. The van der Waals surface area contributed by atoms with Gasteiger partial charge in [0.05, 0.1) is 0 Å². The van der Waals surface area contributed by atoms with Crippen LogP contribution in [0.3, 0.4) is 0 Å². The minimum Gasteiger partial charge on any atom is -0.340 e. The summed E-state index contributed by atoms with van der Waals surface area (Å²) in [6.07, 6.45) is 4.30. The van der Waals surface area contributed by atoms with Crippen molar-refractivity contribution in [1.29, 1.82) is 0 Å². The number of piperazine rings is 1. The van der Waals surface area contributed by atoms with E-state index in [-0.39, 0.29) is 5.91 Å². The first-order valence-electron chi connectivity index (χ1n) is 6.74. The van der Waals surface area contributed by atoms with Gasteiger partial charge in [0.1, 0.15) is 5.82 Å². The lowest BCUT2D eigenvalue weighted by Gasteiger charge is -2.34. The minimum absolute atomic E-state index is 0.181. The van der Waals surface area contributed by atoms with Crippen LogP contribution in [0.25, 0.3) is 0 Å². The van der Waals surface area contributed by atoms with E-state index >= 15 is 0 Å². The third-order valence-electron chi connectivity index (χ3n) is 3.61. The smallest absolute Gasteiger partial charge is 0.223 e. The standard InChI is InChI=1S/C13H21ClN4O/c1-12-15-4-5-17(12)9-6-16-7-10-18(11-8-16)13(19)2-3-14/h4-5H,2-3,6-11H2,1H3. The largest absolute Gasteiger partial charge is 0.340 e. The van der Waals surface area contributed by atoms with Gasteiger partial charge in [-0.25, -0.2) is 4.98 Å². The molecule has 6 heteroatoms. The molecule has 106 valence electrons. The lowest BCUT2D eigenvalue weighted by Crippen LogP contribution is -2.49. The van der Waals surface area contributed by atoms with Gasteiger partial charge in [-0.2, -0.15) is 0 Å². The summed E-state index contributed by atoms with van der Waals surface area (Å²) in [4.78, 5) is 20.2. The molecule has 0 N–H and O–H groups in total. The number of aryl methyl sites for hydroxylation is 1. The zero-order valence-corrected chi connectivity index (χ0v) is 12.1. The molecule has 2 heterocycles. The molecule has 0 aromatic carbocycles. The highest BCUT2D eigenvalue weighted by Gasteiger charge is 2.20. The predicted molar refractivity (Wildman–Crippen MR) is 75.3 cm³/mol. The summed E-state index contributed by atoms with van der Waals surface area (Å²) in [5, 5.41) is 0. The zero-order chi connectivity index (χ0) is 13.7. The number of hydrogen-bond donors (Lipinski definition) is 0. The van der Waals surface area contributed by atoms with Crippen molar-refractivity contribution < 1.29 is 4.79 Å². The minimum atomic E-state index is 0.181. The van der Waals surface area contributed by atoms with Crippen molar-refractivity contribution in [3.63, 3.8) is 0 Å². The van der Waals surface area contributed by atoms with Crippen molar-refractivity contribution in [2.24, 2.45) is 0 Å². The maximum absolute atomic E-state index is 11.7. The van der Waals surface area contributed by atoms with E-state index in [0.717, 1.165) is 45.1 Å². The van der Waals surface area contributed by atoms with Crippen molar-refractivity contribution >= 4 is 17.5 Å². The monoisotopic (exact) mass is 284 g/mol. The third-order valence-corrected chi connectivity index (χ3v) is 3.80. The number of imidazole rings is 1. The maximum atomic E-state index is 11.7. The van der Waals surface area contributed by atoms with Crippen LogP contribution in [0.1, 0.15) is 12.2 Å². The molecule has 1 aromatic rings. The summed E-state index contributed by atoms with van der Waals surface area (Å²) in [6.45, 7) is 7.51. The molecule has 19 heavy (non-hydrogen) atoms. The van der Waals surface area contributed by atoms with Crippen molar-refractivity contribution in [2.45, 2.75) is 19.9 Å². The van der Waals surface area contributed by atoms with Crippen LogP contribution in [0.2, 0.25) is 0 Å². The molecule has 1 amide bonds. The second kappa shape index (κ2) is 6.91. The number of halogens is 1. The zero-order valence-electron chi connectivity index (χ0n) is 11.4. The molecule has 0 bridgehead atoms. The lowest BCUT2D eigenvalue weighted by molar-refractivity contribution is -0.132. The van der Waals surface area contributed by atoms with Crippen molar-refractivity contribution in [1.82, 2.24) is 19.4 Å². The van der Waals surface area contributed by atoms with Gasteiger partial charge in [0.2, 0.25) is 5.91 Å². The number of carbonyl (C=O) groups excluding carboxylic acids is 1. The SMILES string of the molecule is Cc1nccn1CCN1CCN(C(=O)CCCl)CC1. The molecule has 2 rings (SSSR count). The highest BCUT2D eigenvalue weighted by molar-refractivity contribution is 6.18. The summed E-state index contributed by atoms with van der Waals surface area (Å²) in [7, 11) is 0. The molecule has 0 saturated carbocycles. The predicted octanol–water partition coefficient (Wildman–Crippen LogP) is 0.965. The molecule has 1 fully saturated rings. The van der Waals surface area contributed by atoms with Gasteiger partial charge >= 0.3 is 0 Å². The van der Waals surface area contributed by atoms with E-state index in [9.17, 15) is 4.79 Å². The van der Waals surface area contributed by atoms with E-state index in [1.807, 2.05) is 24.2 Å². The highest BCUT2D eigenvalue weighted by atomic mass is 35.5. The fourth-order valence-electron chi connectivity index (χ4n) is 2.35. The molecule has 1 aromatic heterocycles. The molecule has 5 nitrogen and oxygen atoms in total. The number of nitrogens with zero attached hydrogens (tertiary/aromatic N) is 4. The van der Waals surface area contributed by atoms with Gasteiger partial charge in [-0.3, -0.25) is 9.69 Å². The van der Waals surface area contributed by atoms with Crippen LogP contribution in [0.4, 0.5) is 0 Å². The molecule has 0 unspecified atom stereocenters. The van der Waals surface area contributed by atoms with E-state index in [4.69, 9.17) is 11.6 Å². The molecule has 1 aliphatic heterocycles. The number of hydrogen-bond acceptors (Lipinski definition) is 3. The highest BCUT2D eigenvalue weighted by Crippen LogP contribution is 2.05. The number of amides is 1. The van der Waals surface area contributed by atoms with Crippen LogP contribution in [0.15, 0.2) is 12.4 Å². The maximum Gasteiger partial charge on any atom is 0.223 e. The first-order chi connectivity index (χ1) is 9.20. The van der Waals surface area contributed by atoms with Crippen LogP contribution < -0.4 is 0 Å². The third kappa shape index (κ3) is 3.94. The summed E-state index contributed by atoms with van der Waals surface area (Å²) in [5.74, 6) is 1.65. The first kappa shape index (κ1) is 14.3. The molecular weight excluding hydrogens is 264 g/mol. The van der Waals surface area contributed by atoms with Crippen LogP contribution in [0.5, 0.6) is 0 Å². The van der Waals surface area contributed by atoms with Crippen LogP contribution >= 0.6 is 11.6 Å². The van der Waals surface area contributed by atoms with Crippen LogP contribution in [0, 0.1) is 6.92 Å². The molecule has 0 atom stereocenters. The summed E-state index contributed by atoms with van der Waals surface area (Å²) >= 11 is 5.60. The van der Waals surface area contributed by atoms with Gasteiger partial charge in [0.15, 0.2) is 0 Å². The summed E-state index contributed by atoms with van der Waals surface area (Å²) < 4.78 is 2.16. The van der Waals surface area contributed by atoms with E-state index < -0.39 is 0 Å². The fraction of sp³-hybridized carbons (Fsp3) is 0.692. The van der Waals surface area contributed by atoms with E-state index in [1.165, 1.54) is 0 Å². The van der Waals surface area contributed by atoms with Gasteiger partial charge in [-0.15, -0.1) is 11.6 Å². The van der Waals surface area contributed by atoms with E-state index in [0.29, 0.717) is 12.3 Å². The van der Waals surface area contributed by atoms with Crippen molar-refractivity contribution in [3.8, 4) is 0 Å². The number of carbonyl (C=O) groups is 1. The average Bonchev–Trinajstić information content (AvgIpc) is 2.83. The number of alkyl halides is 1. The van der Waals surface area contributed by atoms with E-state index in [2.05, 4.69) is 14.5 Å². The van der Waals surface area contributed by atoms with Gasteiger partial charge in [-0.05, 0) is 6.92 Å². The molecule has 1 saturated heterocycles. The second-order valence-corrected chi connectivity index (χ2v) is 5.21.